The summed E-state index contributed by atoms with van der Waals surface area (Å²) in [6.07, 6.45) is 0. The van der Waals surface area contributed by atoms with E-state index in [0.29, 0.717) is 32.9 Å². The summed E-state index contributed by atoms with van der Waals surface area (Å²) < 4.78 is 16.6. The molecular weight excluding hydrogens is 482 g/mol. The van der Waals surface area contributed by atoms with Crippen LogP contribution in [0.3, 0.4) is 0 Å². The normalized spacial score (nSPS) is 15.4. The second-order valence-electron chi connectivity index (χ2n) is 6.78. The lowest BCUT2D eigenvalue weighted by molar-refractivity contribution is -0.136. The standard InChI is InChI=1S/C22H22BrN3O6/c1-12-19(21(28)31-3)20(26-22(29)24-12)14-10-13(23)8-9-16(14)32-11-18(27)25-15-6-4-5-7-17(15)30-2/h4-10,20H,11H2,1-3H3,(H,25,27)(H2,24,26,29)/t20-/m0/s1. The summed E-state index contributed by atoms with van der Waals surface area (Å²) in [5.41, 5.74) is 1.59. The summed E-state index contributed by atoms with van der Waals surface area (Å²) in [4.78, 5) is 37.0. The van der Waals surface area contributed by atoms with Crippen LogP contribution in [-0.4, -0.2) is 38.7 Å². The highest BCUT2D eigenvalue weighted by Gasteiger charge is 2.34. The SMILES string of the molecule is COC(=O)C1=C(C)NC(=O)N[C@H]1c1cc(Br)ccc1OCC(=O)Nc1ccccc1OC. The molecule has 3 N–H and O–H groups in total. The monoisotopic (exact) mass is 503 g/mol. The molecule has 2 aromatic carbocycles. The molecule has 32 heavy (non-hydrogen) atoms. The largest absolute Gasteiger partial charge is 0.495 e. The van der Waals surface area contributed by atoms with Gasteiger partial charge in [0.25, 0.3) is 5.91 Å². The topological polar surface area (TPSA) is 115 Å². The summed E-state index contributed by atoms with van der Waals surface area (Å²) in [6, 6.07) is 10.8. The number of hydrogen-bond donors (Lipinski definition) is 3. The Labute approximate surface area is 193 Å². The Morgan fingerprint density at radius 1 is 1.12 bits per heavy atom. The number of rotatable bonds is 7. The van der Waals surface area contributed by atoms with Crippen LogP contribution in [0, 0.1) is 0 Å². The van der Waals surface area contributed by atoms with E-state index in [4.69, 9.17) is 14.2 Å². The van der Waals surface area contributed by atoms with Crippen molar-refractivity contribution in [2.75, 3.05) is 26.1 Å². The van der Waals surface area contributed by atoms with Crippen LogP contribution in [0.4, 0.5) is 10.5 Å². The summed E-state index contributed by atoms with van der Waals surface area (Å²) in [5, 5.41) is 8.01. The molecule has 0 unspecified atom stereocenters. The smallest absolute Gasteiger partial charge is 0.337 e. The number of hydrogen-bond acceptors (Lipinski definition) is 6. The molecule has 1 heterocycles. The fraction of sp³-hybridized carbons (Fsp3) is 0.227. The van der Waals surface area contributed by atoms with Crippen LogP contribution in [-0.2, 0) is 14.3 Å². The van der Waals surface area contributed by atoms with Crippen LogP contribution in [0.15, 0.2) is 58.2 Å². The number of methoxy groups -OCH3 is 2. The third-order valence-electron chi connectivity index (χ3n) is 4.70. The van der Waals surface area contributed by atoms with E-state index in [1.165, 1.54) is 14.2 Å². The van der Waals surface area contributed by atoms with E-state index < -0.39 is 23.9 Å². The first kappa shape index (κ1) is 23.1. The highest BCUT2D eigenvalue weighted by Crippen LogP contribution is 2.35. The lowest BCUT2D eigenvalue weighted by Gasteiger charge is -2.29. The van der Waals surface area contributed by atoms with E-state index >= 15 is 0 Å². The van der Waals surface area contributed by atoms with Gasteiger partial charge in [0.1, 0.15) is 11.5 Å². The van der Waals surface area contributed by atoms with E-state index in [0.717, 1.165) is 0 Å². The van der Waals surface area contributed by atoms with Crippen LogP contribution >= 0.6 is 15.9 Å². The predicted molar refractivity (Wildman–Crippen MR) is 120 cm³/mol. The molecule has 0 spiro atoms. The van der Waals surface area contributed by atoms with Gasteiger partial charge in [0.15, 0.2) is 6.61 Å². The number of carbonyl (C=O) groups is 3. The molecule has 10 heteroatoms. The van der Waals surface area contributed by atoms with Crippen molar-refractivity contribution in [2.24, 2.45) is 0 Å². The van der Waals surface area contributed by atoms with Gasteiger partial charge in [0.2, 0.25) is 0 Å². The summed E-state index contributed by atoms with van der Waals surface area (Å²) >= 11 is 3.40. The molecule has 0 fully saturated rings. The van der Waals surface area contributed by atoms with Crippen LogP contribution in [0.25, 0.3) is 0 Å². The summed E-state index contributed by atoms with van der Waals surface area (Å²) in [7, 11) is 2.77. The summed E-state index contributed by atoms with van der Waals surface area (Å²) in [6.45, 7) is 1.30. The van der Waals surface area contributed by atoms with Crippen molar-refractivity contribution in [1.82, 2.24) is 10.6 Å². The molecule has 0 aliphatic carbocycles. The van der Waals surface area contributed by atoms with Crippen molar-refractivity contribution in [3.8, 4) is 11.5 Å². The van der Waals surface area contributed by atoms with Gasteiger partial charge in [-0.05, 0) is 37.3 Å². The van der Waals surface area contributed by atoms with E-state index in [1.807, 2.05) is 0 Å². The molecule has 1 aliphatic rings. The molecule has 0 saturated heterocycles. The van der Waals surface area contributed by atoms with E-state index in [2.05, 4.69) is 31.9 Å². The summed E-state index contributed by atoms with van der Waals surface area (Å²) in [5.74, 6) is -0.159. The number of nitrogens with one attached hydrogen (secondary N) is 3. The molecule has 0 aromatic heterocycles. The van der Waals surface area contributed by atoms with Gasteiger partial charge in [-0.3, -0.25) is 4.79 Å². The average Bonchev–Trinajstić information content (AvgIpc) is 2.77. The van der Waals surface area contributed by atoms with Crippen molar-refractivity contribution in [3.63, 3.8) is 0 Å². The van der Waals surface area contributed by atoms with Gasteiger partial charge in [-0.2, -0.15) is 0 Å². The van der Waals surface area contributed by atoms with Crippen molar-refractivity contribution in [2.45, 2.75) is 13.0 Å². The minimum atomic E-state index is -0.832. The molecule has 0 bridgehead atoms. The average molecular weight is 504 g/mol. The first-order chi connectivity index (χ1) is 15.3. The predicted octanol–water partition coefficient (Wildman–Crippen LogP) is 3.28. The number of para-hydroxylation sites is 2. The maximum Gasteiger partial charge on any atom is 0.337 e. The Bertz CT molecular complexity index is 1090. The van der Waals surface area contributed by atoms with Crippen molar-refractivity contribution < 1.29 is 28.6 Å². The van der Waals surface area contributed by atoms with Gasteiger partial charge in [-0.15, -0.1) is 0 Å². The number of amides is 3. The Hall–Kier alpha value is -3.53. The molecule has 1 aliphatic heterocycles. The van der Waals surface area contributed by atoms with Gasteiger partial charge in [-0.25, -0.2) is 9.59 Å². The van der Waals surface area contributed by atoms with E-state index in [9.17, 15) is 14.4 Å². The van der Waals surface area contributed by atoms with E-state index in [-0.39, 0.29) is 12.2 Å². The zero-order valence-corrected chi connectivity index (χ0v) is 19.2. The third-order valence-corrected chi connectivity index (χ3v) is 5.19. The molecule has 3 rings (SSSR count). The van der Waals surface area contributed by atoms with Gasteiger partial charge in [0.05, 0.1) is 31.5 Å². The molecule has 0 saturated carbocycles. The fourth-order valence-electron chi connectivity index (χ4n) is 3.26. The Morgan fingerprint density at radius 2 is 1.88 bits per heavy atom. The fourth-order valence-corrected chi connectivity index (χ4v) is 3.64. The zero-order valence-electron chi connectivity index (χ0n) is 17.7. The molecule has 9 nitrogen and oxygen atoms in total. The molecule has 1 atom stereocenters. The molecule has 168 valence electrons. The maximum absolute atomic E-state index is 12.5. The first-order valence-corrected chi connectivity index (χ1v) is 10.3. The van der Waals surface area contributed by atoms with Crippen LogP contribution in [0.5, 0.6) is 11.5 Å². The highest BCUT2D eigenvalue weighted by molar-refractivity contribution is 9.10. The number of allylic oxidation sites excluding steroid dienone is 1. The Balaban J connectivity index is 1.85. The lowest BCUT2D eigenvalue weighted by Crippen LogP contribution is -2.45. The number of urea groups is 1. The van der Waals surface area contributed by atoms with Gasteiger partial charge in [-0.1, -0.05) is 28.1 Å². The zero-order chi connectivity index (χ0) is 23.3. The number of ether oxygens (including phenoxy) is 3. The Kier molecular flexibility index (Phi) is 7.37. The Morgan fingerprint density at radius 3 is 2.59 bits per heavy atom. The van der Waals surface area contributed by atoms with Crippen LogP contribution in [0.2, 0.25) is 0 Å². The number of halogens is 1. The van der Waals surface area contributed by atoms with Crippen molar-refractivity contribution >= 4 is 39.5 Å². The van der Waals surface area contributed by atoms with Crippen LogP contribution in [0.1, 0.15) is 18.5 Å². The second kappa shape index (κ2) is 10.2. The van der Waals surface area contributed by atoms with Gasteiger partial charge < -0.3 is 30.2 Å². The molecule has 0 radical (unpaired) electrons. The number of benzene rings is 2. The lowest BCUT2D eigenvalue weighted by atomic mass is 9.95. The van der Waals surface area contributed by atoms with Crippen molar-refractivity contribution in [3.05, 3.63) is 63.8 Å². The number of anilines is 1. The van der Waals surface area contributed by atoms with Crippen LogP contribution < -0.4 is 25.4 Å². The highest BCUT2D eigenvalue weighted by atomic mass is 79.9. The minimum absolute atomic E-state index is 0.230. The first-order valence-electron chi connectivity index (χ1n) is 9.55. The molecular formula is C22H22BrN3O6. The van der Waals surface area contributed by atoms with Crippen molar-refractivity contribution in [1.29, 1.82) is 0 Å². The quantitative estimate of drug-likeness (QED) is 0.499. The third kappa shape index (κ3) is 5.20. The van der Waals surface area contributed by atoms with E-state index in [1.54, 1.807) is 49.4 Å². The van der Waals surface area contributed by atoms with Gasteiger partial charge in [0, 0.05) is 15.7 Å². The number of carbonyl (C=O) groups excluding carboxylic acids is 3. The van der Waals surface area contributed by atoms with Gasteiger partial charge >= 0.3 is 12.0 Å². The molecule has 3 amide bonds. The maximum atomic E-state index is 12.5. The molecule has 2 aromatic rings. The number of esters is 1. The minimum Gasteiger partial charge on any atom is -0.495 e. The second-order valence-corrected chi connectivity index (χ2v) is 7.70.